The first-order valence-electron chi connectivity index (χ1n) is 7.59. The smallest absolute Gasteiger partial charge is 0.245 e. The lowest BCUT2D eigenvalue weighted by molar-refractivity contribution is 0.0282. The van der Waals surface area contributed by atoms with Gasteiger partial charge >= 0.3 is 0 Å². The molecule has 2 heterocycles. The number of nitrogens with zero attached hydrogens (tertiary/aromatic N) is 3. The van der Waals surface area contributed by atoms with Crippen LogP contribution in [-0.4, -0.2) is 42.6 Å². The van der Waals surface area contributed by atoms with Gasteiger partial charge in [-0.05, 0) is 12.1 Å². The molecule has 1 aromatic heterocycles. The number of halogens is 1. The van der Waals surface area contributed by atoms with Gasteiger partial charge in [0.1, 0.15) is 10.9 Å². The van der Waals surface area contributed by atoms with Crippen molar-refractivity contribution in [3.05, 3.63) is 41.0 Å². The van der Waals surface area contributed by atoms with E-state index in [0.717, 1.165) is 0 Å². The molecule has 0 aliphatic carbocycles. The van der Waals surface area contributed by atoms with Crippen LogP contribution in [-0.2, 0) is 14.8 Å². The molecule has 0 spiro atoms. The maximum absolute atomic E-state index is 13.0. The molecule has 1 aromatic carbocycles. The van der Waals surface area contributed by atoms with Crippen LogP contribution < -0.4 is 0 Å². The predicted molar refractivity (Wildman–Crippen MR) is 87.3 cm³/mol. The normalized spacial score (nSPS) is 19.8. The van der Waals surface area contributed by atoms with Crippen LogP contribution in [0.1, 0.15) is 37.5 Å². The molecule has 24 heavy (non-hydrogen) atoms. The van der Waals surface area contributed by atoms with Gasteiger partial charge in [-0.2, -0.15) is 9.29 Å². The lowest BCUT2D eigenvalue weighted by atomic mass is 10.2. The first kappa shape index (κ1) is 17.3. The minimum absolute atomic E-state index is 0.0596. The molecule has 1 atom stereocenters. The van der Waals surface area contributed by atoms with Crippen LogP contribution in [0.5, 0.6) is 0 Å². The monoisotopic (exact) mass is 371 g/mol. The molecule has 1 fully saturated rings. The maximum atomic E-state index is 13.0. The Hall–Kier alpha value is -1.48. The molecule has 1 aliphatic heterocycles. The van der Waals surface area contributed by atoms with Crippen molar-refractivity contribution in [1.29, 1.82) is 0 Å². The van der Waals surface area contributed by atoms with Crippen molar-refractivity contribution in [2.45, 2.75) is 30.7 Å². The van der Waals surface area contributed by atoms with Crippen molar-refractivity contribution in [3.63, 3.8) is 0 Å². The van der Waals surface area contributed by atoms with E-state index < -0.39 is 16.1 Å². The third-order valence-electron chi connectivity index (χ3n) is 3.75. The van der Waals surface area contributed by atoms with Crippen molar-refractivity contribution < 1.29 is 17.7 Å². The Balaban J connectivity index is 1.99. The molecular weight excluding hydrogens is 354 g/mol. The van der Waals surface area contributed by atoms with Gasteiger partial charge in [-0.15, -0.1) is 0 Å². The Bertz CT molecular complexity index is 822. The van der Waals surface area contributed by atoms with E-state index in [4.69, 9.17) is 20.9 Å². The van der Waals surface area contributed by atoms with Crippen LogP contribution >= 0.6 is 11.6 Å². The second-order valence-corrected chi connectivity index (χ2v) is 8.05. The van der Waals surface area contributed by atoms with Crippen LogP contribution in [0.2, 0.25) is 5.02 Å². The number of aromatic nitrogens is 2. The first-order chi connectivity index (χ1) is 11.4. The van der Waals surface area contributed by atoms with E-state index in [2.05, 4.69) is 10.1 Å². The molecule has 7 nitrogen and oxygen atoms in total. The van der Waals surface area contributed by atoms with Gasteiger partial charge in [0, 0.05) is 12.5 Å². The number of rotatable bonds is 4. The van der Waals surface area contributed by atoms with E-state index in [1.807, 2.05) is 13.8 Å². The number of hydrogen-bond acceptors (Lipinski definition) is 6. The van der Waals surface area contributed by atoms with Gasteiger partial charge in [-0.25, -0.2) is 8.42 Å². The van der Waals surface area contributed by atoms with Crippen LogP contribution in [0, 0.1) is 0 Å². The highest BCUT2D eigenvalue weighted by molar-refractivity contribution is 7.89. The zero-order chi connectivity index (χ0) is 17.3. The minimum atomic E-state index is -3.80. The second kappa shape index (κ2) is 6.79. The Kier molecular flexibility index (Phi) is 4.91. The summed E-state index contributed by atoms with van der Waals surface area (Å²) in [4.78, 5) is 4.38. The Morgan fingerprint density at radius 1 is 1.33 bits per heavy atom. The molecule has 0 bridgehead atoms. The molecule has 1 aliphatic rings. The summed E-state index contributed by atoms with van der Waals surface area (Å²) < 4.78 is 38.0. The number of morpholine rings is 1. The highest BCUT2D eigenvalue weighted by Crippen LogP contribution is 2.32. The lowest BCUT2D eigenvalue weighted by Gasteiger charge is -2.32. The lowest BCUT2D eigenvalue weighted by Crippen LogP contribution is -2.43. The van der Waals surface area contributed by atoms with E-state index in [0.29, 0.717) is 18.3 Å². The molecule has 1 saturated heterocycles. The van der Waals surface area contributed by atoms with Crippen LogP contribution in [0.15, 0.2) is 33.7 Å². The van der Waals surface area contributed by atoms with Crippen molar-refractivity contribution in [1.82, 2.24) is 14.4 Å². The first-order valence-corrected chi connectivity index (χ1v) is 9.40. The molecular formula is C15H18ClN3O4S. The quantitative estimate of drug-likeness (QED) is 0.821. The van der Waals surface area contributed by atoms with E-state index in [9.17, 15) is 8.42 Å². The summed E-state index contributed by atoms with van der Waals surface area (Å²) in [5.74, 6) is 0.823. The number of benzene rings is 1. The minimum Gasteiger partial charge on any atom is -0.378 e. The van der Waals surface area contributed by atoms with Gasteiger partial charge in [0.15, 0.2) is 5.82 Å². The number of ether oxygens (including phenoxy) is 1. The van der Waals surface area contributed by atoms with Gasteiger partial charge in [0.05, 0.1) is 18.2 Å². The molecule has 9 heteroatoms. The topological polar surface area (TPSA) is 85.5 Å². The van der Waals surface area contributed by atoms with Crippen LogP contribution in [0.25, 0.3) is 0 Å². The summed E-state index contributed by atoms with van der Waals surface area (Å²) in [6.07, 6.45) is 0. The van der Waals surface area contributed by atoms with E-state index >= 15 is 0 Å². The fraction of sp³-hybridized carbons (Fsp3) is 0.467. The fourth-order valence-corrected chi connectivity index (χ4v) is 4.53. The second-order valence-electron chi connectivity index (χ2n) is 5.78. The molecule has 0 saturated carbocycles. The molecule has 0 N–H and O–H groups in total. The summed E-state index contributed by atoms with van der Waals surface area (Å²) >= 11 is 6.08. The van der Waals surface area contributed by atoms with Crippen molar-refractivity contribution >= 4 is 21.6 Å². The SMILES string of the molecule is CC(C)c1nc([C@@H]2COCCN2S(=O)(=O)c2ccccc2Cl)no1. The van der Waals surface area contributed by atoms with Gasteiger partial charge in [0.2, 0.25) is 15.9 Å². The average Bonchev–Trinajstić information content (AvgIpc) is 3.05. The fourth-order valence-electron chi connectivity index (χ4n) is 2.48. The Morgan fingerprint density at radius 2 is 2.08 bits per heavy atom. The zero-order valence-electron chi connectivity index (χ0n) is 13.3. The van der Waals surface area contributed by atoms with Crippen LogP contribution in [0.4, 0.5) is 0 Å². The van der Waals surface area contributed by atoms with Gasteiger partial charge in [-0.1, -0.05) is 42.7 Å². The van der Waals surface area contributed by atoms with Crippen molar-refractivity contribution in [3.8, 4) is 0 Å². The zero-order valence-corrected chi connectivity index (χ0v) is 14.9. The highest BCUT2D eigenvalue weighted by Gasteiger charge is 2.38. The van der Waals surface area contributed by atoms with E-state index in [1.54, 1.807) is 18.2 Å². The summed E-state index contributed by atoms with van der Waals surface area (Å²) in [6.45, 7) is 4.51. The summed E-state index contributed by atoms with van der Waals surface area (Å²) in [6, 6.07) is 5.72. The molecule has 0 unspecified atom stereocenters. The summed E-state index contributed by atoms with van der Waals surface area (Å²) in [7, 11) is -3.80. The standard InChI is InChI=1S/C15H18ClN3O4S/c1-10(2)15-17-14(18-23-15)12-9-22-8-7-19(12)24(20,21)13-6-4-3-5-11(13)16/h3-6,10,12H,7-9H2,1-2H3/t12-/m0/s1. The number of hydrogen-bond donors (Lipinski definition) is 0. The Labute approximate surface area is 145 Å². The van der Waals surface area contributed by atoms with Gasteiger partial charge in [0.25, 0.3) is 0 Å². The third-order valence-corrected chi connectivity index (χ3v) is 6.16. The number of sulfonamides is 1. The van der Waals surface area contributed by atoms with Crippen molar-refractivity contribution in [2.24, 2.45) is 0 Å². The molecule has 0 radical (unpaired) electrons. The Morgan fingerprint density at radius 3 is 2.75 bits per heavy atom. The van der Waals surface area contributed by atoms with E-state index in [1.165, 1.54) is 10.4 Å². The molecule has 3 rings (SSSR count). The summed E-state index contributed by atoms with van der Waals surface area (Å²) in [5.41, 5.74) is 0. The summed E-state index contributed by atoms with van der Waals surface area (Å²) in [5, 5.41) is 4.12. The molecule has 130 valence electrons. The maximum Gasteiger partial charge on any atom is 0.245 e. The van der Waals surface area contributed by atoms with E-state index in [-0.39, 0.29) is 29.0 Å². The highest BCUT2D eigenvalue weighted by atomic mass is 35.5. The largest absolute Gasteiger partial charge is 0.378 e. The predicted octanol–water partition coefficient (Wildman–Crippen LogP) is 2.61. The van der Waals surface area contributed by atoms with Crippen LogP contribution in [0.3, 0.4) is 0 Å². The van der Waals surface area contributed by atoms with Crippen molar-refractivity contribution in [2.75, 3.05) is 19.8 Å². The van der Waals surface area contributed by atoms with Gasteiger partial charge in [-0.3, -0.25) is 0 Å². The third kappa shape index (κ3) is 3.19. The van der Waals surface area contributed by atoms with Gasteiger partial charge < -0.3 is 9.26 Å². The molecule has 2 aromatic rings. The molecule has 0 amide bonds. The average molecular weight is 372 g/mol.